The summed E-state index contributed by atoms with van der Waals surface area (Å²) in [5, 5.41) is 6.21. The van der Waals surface area contributed by atoms with Gasteiger partial charge >= 0.3 is 6.09 Å². The Morgan fingerprint density at radius 1 is 1.44 bits per heavy atom. The number of hydrogen-bond acceptors (Lipinski definition) is 3. The van der Waals surface area contributed by atoms with Crippen molar-refractivity contribution in [2.24, 2.45) is 5.92 Å². The SMILES string of the molecule is CCNCC(NC(=O)OC(C)(C)C)C1CC1. The summed E-state index contributed by atoms with van der Waals surface area (Å²) in [6, 6.07) is 0.217. The van der Waals surface area contributed by atoms with E-state index in [1.54, 1.807) is 0 Å². The van der Waals surface area contributed by atoms with Crippen molar-refractivity contribution < 1.29 is 9.53 Å². The summed E-state index contributed by atoms with van der Waals surface area (Å²) in [5.41, 5.74) is -0.420. The van der Waals surface area contributed by atoms with Crippen LogP contribution in [-0.4, -0.2) is 30.8 Å². The smallest absolute Gasteiger partial charge is 0.407 e. The lowest BCUT2D eigenvalue weighted by Gasteiger charge is -2.23. The molecule has 0 saturated heterocycles. The number of rotatable bonds is 5. The van der Waals surface area contributed by atoms with Crippen LogP contribution in [0.5, 0.6) is 0 Å². The number of amides is 1. The van der Waals surface area contributed by atoms with E-state index in [-0.39, 0.29) is 12.1 Å². The number of nitrogens with one attached hydrogen (secondary N) is 2. The standard InChI is InChI=1S/C12H24N2O2/c1-5-13-8-10(9-6-7-9)14-11(15)16-12(2,3)4/h9-10,13H,5-8H2,1-4H3,(H,14,15). The molecule has 0 bridgehead atoms. The van der Waals surface area contributed by atoms with Gasteiger partial charge in [-0.05, 0) is 46.1 Å². The molecule has 1 aliphatic carbocycles. The first-order valence-corrected chi connectivity index (χ1v) is 6.12. The summed E-state index contributed by atoms with van der Waals surface area (Å²) in [4.78, 5) is 11.6. The molecule has 2 N–H and O–H groups in total. The fraction of sp³-hybridized carbons (Fsp3) is 0.917. The predicted molar refractivity (Wildman–Crippen MR) is 64.4 cm³/mol. The number of alkyl carbamates (subject to hydrolysis) is 1. The maximum atomic E-state index is 11.6. The van der Waals surface area contributed by atoms with E-state index in [4.69, 9.17) is 4.74 Å². The second-order valence-electron chi connectivity index (χ2n) is 5.40. The zero-order chi connectivity index (χ0) is 12.2. The van der Waals surface area contributed by atoms with Gasteiger partial charge in [0.2, 0.25) is 0 Å². The van der Waals surface area contributed by atoms with E-state index < -0.39 is 5.60 Å². The fourth-order valence-corrected chi connectivity index (χ4v) is 1.59. The Morgan fingerprint density at radius 2 is 2.06 bits per heavy atom. The van der Waals surface area contributed by atoms with E-state index in [2.05, 4.69) is 17.6 Å². The third-order valence-electron chi connectivity index (χ3n) is 2.51. The van der Waals surface area contributed by atoms with Gasteiger partial charge in [0.05, 0.1) is 0 Å². The fourth-order valence-electron chi connectivity index (χ4n) is 1.59. The minimum atomic E-state index is -0.420. The minimum absolute atomic E-state index is 0.217. The Kier molecular flexibility index (Phi) is 4.59. The predicted octanol–water partition coefficient (Wildman–Crippen LogP) is 1.90. The van der Waals surface area contributed by atoms with Gasteiger partial charge in [-0.15, -0.1) is 0 Å². The number of likely N-dealkylation sites (N-methyl/N-ethyl adjacent to an activating group) is 1. The Hall–Kier alpha value is -0.770. The highest BCUT2D eigenvalue weighted by molar-refractivity contribution is 5.68. The van der Waals surface area contributed by atoms with Gasteiger partial charge in [0.15, 0.2) is 0 Å². The molecule has 1 saturated carbocycles. The van der Waals surface area contributed by atoms with Crippen molar-refractivity contribution in [1.82, 2.24) is 10.6 Å². The first kappa shape index (κ1) is 13.3. The molecule has 1 unspecified atom stereocenters. The molecular weight excluding hydrogens is 204 g/mol. The Labute approximate surface area is 98.1 Å². The first-order valence-electron chi connectivity index (χ1n) is 6.12. The van der Waals surface area contributed by atoms with E-state index in [0.29, 0.717) is 5.92 Å². The van der Waals surface area contributed by atoms with Crippen molar-refractivity contribution in [3.63, 3.8) is 0 Å². The second-order valence-corrected chi connectivity index (χ2v) is 5.40. The maximum absolute atomic E-state index is 11.6. The summed E-state index contributed by atoms with van der Waals surface area (Å²) in [7, 11) is 0. The summed E-state index contributed by atoms with van der Waals surface area (Å²) >= 11 is 0. The van der Waals surface area contributed by atoms with Crippen molar-refractivity contribution >= 4 is 6.09 Å². The average Bonchev–Trinajstić information content (AvgIpc) is 2.91. The van der Waals surface area contributed by atoms with Crippen LogP contribution in [0.1, 0.15) is 40.5 Å². The molecule has 4 heteroatoms. The Balaban J connectivity index is 2.33. The van der Waals surface area contributed by atoms with Crippen LogP contribution in [0.25, 0.3) is 0 Å². The highest BCUT2D eigenvalue weighted by Gasteiger charge is 2.32. The topological polar surface area (TPSA) is 50.4 Å². The third kappa shape index (κ3) is 5.35. The molecule has 0 heterocycles. The highest BCUT2D eigenvalue weighted by Crippen LogP contribution is 2.32. The highest BCUT2D eigenvalue weighted by atomic mass is 16.6. The van der Waals surface area contributed by atoms with Gasteiger partial charge in [-0.2, -0.15) is 0 Å². The molecule has 94 valence electrons. The average molecular weight is 228 g/mol. The molecule has 0 aromatic rings. The first-order chi connectivity index (χ1) is 7.42. The molecule has 0 aromatic carbocycles. The van der Waals surface area contributed by atoms with E-state index in [0.717, 1.165) is 13.1 Å². The molecule has 1 amide bonds. The molecule has 0 radical (unpaired) electrons. The van der Waals surface area contributed by atoms with Crippen molar-refractivity contribution in [3.05, 3.63) is 0 Å². The van der Waals surface area contributed by atoms with Crippen LogP contribution in [0.3, 0.4) is 0 Å². The van der Waals surface area contributed by atoms with Crippen molar-refractivity contribution in [2.75, 3.05) is 13.1 Å². The second kappa shape index (κ2) is 5.53. The summed E-state index contributed by atoms with van der Waals surface area (Å²) in [6.07, 6.45) is 2.12. The van der Waals surface area contributed by atoms with Gasteiger partial charge in [0, 0.05) is 12.6 Å². The molecule has 0 aromatic heterocycles. The maximum Gasteiger partial charge on any atom is 0.407 e. The number of carbonyl (C=O) groups is 1. The van der Waals surface area contributed by atoms with E-state index >= 15 is 0 Å². The van der Waals surface area contributed by atoms with Gasteiger partial charge in [0.1, 0.15) is 5.60 Å². The van der Waals surface area contributed by atoms with Crippen molar-refractivity contribution in [1.29, 1.82) is 0 Å². The molecule has 0 spiro atoms. The normalized spacial score (nSPS) is 18.0. The van der Waals surface area contributed by atoms with Crippen LogP contribution in [0.4, 0.5) is 4.79 Å². The van der Waals surface area contributed by atoms with Gasteiger partial charge in [-0.1, -0.05) is 6.92 Å². The van der Waals surface area contributed by atoms with Crippen LogP contribution in [0.15, 0.2) is 0 Å². The summed E-state index contributed by atoms with van der Waals surface area (Å²) in [6.45, 7) is 9.46. The van der Waals surface area contributed by atoms with E-state index in [1.807, 2.05) is 20.8 Å². The van der Waals surface area contributed by atoms with Crippen LogP contribution in [0.2, 0.25) is 0 Å². The van der Waals surface area contributed by atoms with Crippen LogP contribution in [-0.2, 0) is 4.74 Å². The number of carbonyl (C=O) groups excluding carboxylic acids is 1. The molecule has 0 aliphatic heterocycles. The number of ether oxygens (including phenoxy) is 1. The number of hydrogen-bond donors (Lipinski definition) is 2. The lowest BCUT2D eigenvalue weighted by molar-refractivity contribution is 0.0497. The molecule has 1 rings (SSSR count). The van der Waals surface area contributed by atoms with Crippen molar-refractivity contribution in [2.45, 2.75) is 52.2 Å². The lowest BCUT2D eigenvalue weighted by Crippen LogP contribution is -2.45. The van der Waals surface area contributed by atoms with E-state index in [1.165, 1.54) is 12.8 Å². The van der Waals surface area contributed by atoms with Crippen LogP contribution >= 0.6 is 0 Å². The molecule has 4 nitrogen and oxygen atoms in total. The third-order valence-corrected chi connectivity index (χ3v) is 2.51. The largest absolute Gasteiger partial charge is 0.444 e. The molecular formula is C12H24N2O2. The summed E-state index contributed by atoms with van der Waals surface area (Å²) < 4.78 is 5.25. The van der Waals surface area contributed by atoms with Gasteiger partial charge in [-0.3, -0.25) is 0 Å². The molecule has 1 fully saturated rings. The Bertz CT molecular complexity index is 232. The zero-order valence-corrected chi connectivity index (χ0v) is 10.8. The summed E-state index contributed by atoms with van der Waals surface area (Å²) in [5.74, 6) is 0.631. The van der Waals surface area contributed by atoms with E-state index in [9.17, 15) is 4.79 Å². The molecule has 1 atom stereocenters. The van der Waals surface area contributed by atoms with Crippen LogP contribution < -0.4 is 10.6 Å². The van der Waals surface area contributed by atoms with Crippen molar-refractivity contribution in [3.8, 4) is 0 Å². The monoisotopic (exact) mass is 228 g/mol. The lowest BCUT2D eigenvalue weighted by atomic mass is 10.2. The van der Waals surface area contributed by atoms with Gasteiger partial charge in [0.25, 0.3) is 0 Å². The Morgan fingerprint density at radius 3 is 2.50 bits per heavy atom. The molecule has 1 aliphatic rings. The zero-order valence-electron chi connectivity index (χ0n) is 10.8. The van der Waals surface area contributed by atoms with Gasteiger partial charge < -0.3 is 15.4 Å². The van der Waals surface area contributed by atoms with Gasteiger partial charge in [-0.25, -0.2) is 4.79 Å². The molecule has 16 heavy (non-hydrogen) atoms. The minimum Gasteiger partial charge on any atom is -0.444 e. The van der Waals surface area contributed by atoms with Crippen LogP contribution in [0, 0.1) is 5.92 Å². The quantitative estimate of drug-likeness (QED) is 0.755.